The molecule has 2 heterocycles. The maximum absolute atomic E-state index is 13.0. The molecular weight excluding hydrogens is 2000 g/mol. The Labute approximate surface area is 828 Å². The van der Waals surface area contributed by atoms with E-state index in [0.717, 1.165) is 75.4 Å². The van der Waals surface area contributed by atoms with Crippen LogP contribution in [-0.2, 0) is 55.8 Å². The summed E-state index contributed by atoms with van der Waals surface area (Å²) in [5, 5.41) is 68.5. The van der Waals surface area contributed by atoms with Crippen molar-refractivity contribution in [1.29, 1.82) is 15.8 Å². The van der Waals surface area contributed by atoms with Gasteiger partial charge in [0.25, 0.3) is 0 Å². The van der Waals surface area contributed by atoms with E-state index < -0.39 is 49.5 Å². The van der Waals surface area contributed by atoms with Crippen LogP contribution in [0.2, 0.25) is 0 Å². The zero-order valence-corrected chi connectivity index (χ0v) is 80.2. The van der Waals surface area contributed by atoms with E-state index in [1.807, 2.05) is 120 Å². The van der Waals surface area contributed by atoms with E-state index in [0.29, 0.717) is 108 Å². The molecule has 2 saturated heterocycles. The Kier molecular flexibility index (Phi) is 57.2. The van der Waals surface area contributed by atoms with Gasteiger partial charge in [0.2, 0.25) is 20.0 Å². The predicted octanol–water partition coefficient (Wildman–Crippen LogP) is 13.8. The first-order valence-electron chi connectivity index (χ1n) is 37.9. The fraction of sp³-hybridized carbons (Fsp3) is 0.219. The average molecular weight is 2110 g/mol. The summed E-state index contributed by atoms with van der Waals surface area (Å²) in [6.45, 7) is 19.7. The normalized spacial score (nSPS) is 11.4. The number of halogens is 2. The van der Waals surface area contributed by atoms with Gasteiger partial charge in [-0.1, -0.05) is 139 Å². The fourth-order valence-corrected chi connectivity index (χ4v) is 15.2. The van der Waals surface area contributed by atoms with E-state index in [-0.39, 0.29) is 104 Å². The number of morpholine rings is 2. The molecule has 0 bridgehead atoms. The van der Waals surface area contributed by atoms with Crippen LogP contribution in [0.3, 0.4) is 0 Å². The van der Waals surface area contributed by atoms with Crippen molar-refractivity contribution in [3.05, 3.63) is 333 Å². The zero-order valence-electron chi connectivity index (χ0n) is 71.4. The summed E-state index contributed by atoms with van der Waals surface area (Å²) in [4.78, 5) is 60.6. The molecule has 0 radical (unpaired) electrons. The van der Waals surface area contributed by atoms with E-state index in [9.17, 15) is 40.8 Å². The van der Waals surface area contributed by atoms with E-state index in [2.05, 4.69) is 73.0 Å². The number of anilines is 1. The molecule has 0 aromatic heterocycles. The smallest absolute Gasteiger partial charge is 0.870 e. The number of aromatic carboxylic acids is 2. The number of nitrogen functional groups attached to an aromatic ring is 1. The maximum Gasteiger partial charge on any atom is 1.00 e. The second-order valence-corrected chi connectivity index (χ2v) is 34.1. The molecule has 30 nitrogen and oxygen atoms in total. The Balaban J connectivity index is 0. The van der Waals surface area contributed by atoms with Crippen molar-refractivity contribution in [3.63, 3.8) is 0 Å². The SMILES string of the molecule is C.C.C.C.CO.COC(=O)c1ccc(C)c(-c2ccc(C#N)cc2)c1.COC(=O)c1ccc(C)c(I)c1.Cc1ccc(C(=O)Cc2ccc(S(=O)(=O)N3CCOCC3)cc2)cc1-c1ccc(C#N)cc1.Cc1ccc(C(=O)O)cc1-c1ccc(C#N)cc1.Cc1ccc(C(=O)O)cc1I.Nc1ccc(S(=O)(=O)N2CCOCC2)cc1.O=S(=O)(O)O.[C-]#[N+]c1ccc(B(O)O)cc1.[Na+].[OH-]. The van der Waals surface area contributed by atoms with E-state index in [1.165, 1.54) is 52.7 Å². The van der Waals surface area contributed by atoms with Crippen LogP contribution in [0.1, 0.15) is 132 Å². The molecule has 700 valence electrons. The predicted molar refractivity (Wildman–Crippen MR) is 527 cm³/mol. The number of carbonyl (C=O) groups is 5. The molecule has 0 spiro atoms. The number of hydrogen-bond acceptors (Lipinski definition) is 23. The summed E-state index contributed by atoms with van der Waals surface area (Å²) in [6, 6.07) is 73.4. The number of carbonyl (C=O) groups excluding carboxylic acids is 3. The molecule has 0 saturated carbocycles. The minimum atomic E-state index is -4.67. The molecule has 0 atom stereocenters. The monoisotopic (exact) mass is 2110 g/mol. The number of hydrogen-bond donors (Lipinski definition) is 8. The number of sulfonamides is 2. The Morgan fingerprint density at radius 3 is 1.05 bits per heavy atom. The second kappa shape index (κ2) is 61.5. The summed E-state index contributed by atoms with van der Waals surface area (Å²) >= 11 is 4.31. The Bertz CT molecular complexity index is 6150. The van der Waals surface area contributed by atoms with Gasteiger partial charge in [-0.05, 0) is 279 Å². The van der Waals surface area contributed by atoms with Gasteiger partial charge in [0.15, 0.2) is 11.5 Å². The van der Waals surface area contributed by atoms with Gasteiger partial charge < -0.3 is 55.5 Å². The summed E-state index contributed by atoms with van der Waals surface area (Å²) < 4.78 is 106. The van der Waals surface area contributed by atoms with Gasteiger partial charge in [0, 0.05) is 58.1 Å². The van der Waals surface area contributed by atoms with Gasteiger partial charge >= 0.3 is 71.0 Å². The molecule has 0 unspecified atom stereocenters. The first-order valence-corrected chi connectivity index (χ1v) is 44.3. The number of carboxylic acids is 2. The number of ether oxygens (including phenoxy) is 4. The van der Waals surface area contributed by atoms with E-state index >= 15 is 0 Å². The number of nitriles is 3. The Morgan fingerprint density at radius 2 is 0.744 bits per heavy atom. The van der Waals surface area contributed by atoms with Gasteiger partial charge in [0.05, 0.1) is 114 Å². The van der Waals surface area contributed by atoms with Gasteiger partial charge in [0.1, 0.15) is 0 Å². The number of aliphatic hydroxyl groups excluding tert-OH is 1. The molecule has 11 aromatic rings. The van der Waals surface area contributed by atoms with E-state index in [4.69, 9.17) is 85.2 Å². The van der Waals surface area contributed by atoms with Crippen LogP contribution in [-0.4, -0.2) is 185 Å². The zero-order chi connectivity index (χ0) is 94.3. The number of esters is 2. The minimum absolute atomic E-state index is 0. The van der Waals surface area contributed by atoms with Crippen molar-refractivity contribution in [3.8, 4) is 51.6 Å². The molecule has 37 heteroatoms. The summed E-state index contributed by atoms with van der Waals surface area (Å²) in [6.07, 6.45) is 0.174. The van der Waals surface area contributed by atoms with Crippen LogP contribution in [0.4, 0.5) is 11.4 Å². The van der Waals surface area contributed by atoms with Crippen molar-refractivity contribution in [1.82, 2.24) is 8.61 Å². The second-order valence-electron chi connectivity index (χ2n) is 27.0. The van der Waals surface area contributed by atoms with Gasteiger partial charge in [-0.2, -0.15) is 32.8 Å². The third-order valence-corrected chi connectivity index (χ3v) is 24.5. The van der Waals surface area contributed by atoms with Crippen molar-refractivity contribution >= 4 is 129 Å². The van der Waals surface area contributed by atoms with Crippen molar-refractivity contribution in [2.75, 3.05) is 79.7 Å². The quantitative estimate of drug-likeness (QED) is 0.00898. The number of ketones is 1. The third kappa shape index (κ3) is 40.2. The number of carboxylic acid groups (broad SMARTS) is 2. The number of methoxy groups -OCH3 is 2. The molecule has 2 fully saturated rings. The third-order valence-electron chi connectivity index (χ3n) is 18.4. The molecule has 13 rings (SSSR count). The number of Topliss-reactive ketones (excluding diaryl/α,β-unsaturated/α-hetero) is 1. The van der Waals surface area contributed by atoms with Crippen molar-refractivity contribution < 1.29 is 138 Å². The number of nitrogens with zero attached hydrogens (tertiary/aromatic N) is 6. The van der Waals surface area contributed by atoms with E-state index in [1.54, 1.807) is 127 Å². The largest absolute Gasteiger partial charge is 1.00 e. The van der Waals surface area contributed by atoms with Crippen LogP contribution < -0.4 is 40.8 Å². The molecular formula is C96H107BI2N7NaO23S3. The summed E-state index contributed by atoms with van der Waals surface area (Å²) in [5.74, 6) is -2.50. The number of aliphatic hydroxyl groups is 1. The van der Waals surface area contributed by atoms with Crippen LogP contribution in [0.15, 0.2) is 246 Å². The minimum Gasteiger partial charge on any atom is -0.870 e. The number of benzene rings is 11. The summed E-state index contributed by atoms with van der Waals surface area (Å²) in [7, 11) is -9.31. The number of rotatable bonds is 15. The van der Waals surface area contributed by atoms with Crippen LogP contribution in [0.5, 0.6) is 0 Å². The van der Waals surface area contributed by atoms with Gasteiger partial charge in [-0.15, -0.1) is 0 Å². The molecule has 0 amide bonds. The standard InChI is InChI=1S/C26H24N2O4S.C16H13NO2.C15H11NO2.C10H14N2O3S.C9H9IO2.C8H7IO2.C7H6BNO2.CH4O.4CH4.Na.H2O4S.H2O/c1-19-2-7-23(17-25(19)22-8-3-21(18-27)4-9-22)26(29)16-20-5-10-24(11-6-20)33(30,31)28-12-14-32-15-13-28;1-11-3-6-14(16(18)19-2)9-15(11)13-7-4-12(10-17)5-8-13;1-10-2-5-13(15(17)18)8-14(10)12-6-3-11(9-16)4-7-12;11-9-1-3-10(4-2-9)16(13,14)12-5-7-15-8-6-12;1-6-3-4-7(5-8(6)10)9(11)12-2;1-5-2-3-6(8(10)11)4-7(5)9;1-9-7-4-2-6(3-5-7)8(10)11;1-2;;;;;;1-5(2,3)4;/h2-11,17H,12-16H2,1H3;3-9H,1-2H3;2-8H,1H3,(H,17,18);1-4H,5-8,11H2;3-5H,1-2H3;2-4H,1H3,(H,10,11);2-5,10-11H;2H,1H3;4*1H4;;(H2,1,2,3,4);1H2/q;;;;;;;;;;;;+1;;/p-1. The maximum atomic E-state index is 13.0. The number of aryl methyl sites for hydroxylation is 5. The van der Waals surface area contributed by atoms with Crippen molar-refractivity contribution in [2.45, 2.75) is 80.5 Å². The molecule has 2 aliphatic heterocycles. The molecule has 133 heavy (non-hydrogen) atoms. The molecule has 10 N–H and O–H groups in total. The molecule has 0 aliphatic carbocycles. The fourth-order valence-electron chi connectivity index (χ4n) is 11.4. The van der Waals surface area contributed by atoms with Crippen molar-refractivity contribution in [2.24, 2.45) is 0 Å². The molecule has 11 aromatic carbocycles. The first kappa shape index (κ1) is 124. The molecule has 2 aliphatic rings. The summed E-state index contributed by atoms with van der Waals surface area (Å²) in [5.41, 5.74) is 22.8. The Hall–Kier alpha value is -11.3. The van der Waals surface area contributed by atoms with Crippen LogP contribution >= 0.6 is 45.2 Å². The first-order chi connectivity index (χ1) is 60.2. The average Bonchev–Trinajstić information content (AvgIpc) is 0.811. The van der Waals surface area contributed by atoms with Crippen LogP contribution in [0, 0.1) is 82.3 Å². The topological polar surface area (TPSA) is 505 Å². The van der Waals surface area contributed by atoms with Crippen LogP contribution in [0.25, 0.3) is 38.2 Å². The Morgan fingerprint density at radius 1 is 0.459 bits per heavy atom. The van der Waals surface area contributed by atoms with Gasteiger partial charge in [-0.3, -0.25) is 13.9 Å². The number of nitrogens with two attached hydrogens (primary N) is 1. The van der Waals surface area contributed by atoms with Gasteiger partial charge in [-0.25, -0.2) is 40.9 Å².